The molecule has 0 fully saturated rings. The van der Waals surface area contributed by atoms with Crippen LogP contribution >= 0.6 is 11.3 Å². The van der Waals surface area contributed by atoms with E-state index in [1.54, 1.807) is 5.38 Å². The normalized spacial score (nSPS) is 11.9. The second kappa shape index (κ2) is 5.35. The highest BCUT2D eigenvalue weighted by molar-refractivity contribution is 7.88. The molecule has 0 radical (unpaired) electrons. The Morgan fingerprint density at radius 1 is 1.50 bits per heavy atom. The van der Waals surface area contributed by atoms with E-state index in [0.717, 1.165) is 21.4 Å². The third kappa shape index (κ3) is 2.89. The Hall–Kier alpha value is -1.71. The van der Waals surface area contributed by atoms with E-state index in [1.165, 1.54) is 18.4 Å². The van der Waals surface area contributed by atoms with Crippen LogP contribution in [0.3, 0.4) is 0 Å². The van der Waals surface area contributed by atoms with E-state index in [2.05, 4.69) is 4.98 Å². The number of aromatic carboxylic acids is 1. The third-order valence-corrected chi connectivity index (χ3v) is 5.01. The van der Waals surface area contributed by atoms with Gasteiger partial charge >= 0.3 is 5.97 Å². The lowest BCUT2D eigenvalue weighted by Crippen LogP contribution is -2.26. The lowest BCUT2D eigenvalue weighted by Gasteiger charge is -2.13. The minimum Gasteiger partial charge on any atom is -0.475 e. The number of hydrogen-bond donors (Lipinski definition) is 1. The van der Waals surface area contributed by atoms with Crippen molar-refractivity contribution in [2.45, 2.75) is 18.6 Å². The van der Waals surface area contributed by atoms with Crippen LogP contribution in [-0.4, -0.2) is 35.8 Å². The highest BCUT2D eigenvalue weighted by Crippen LogP contribution is 2.20. The van der Waals surface area contributed by atoms with Gasteiger partial charge < -0.3 is 9.52 Å². The first-order valence-electron chi connectivity index (χ1n) is 5.51. The molecule has 0 aliphatic heterocycles. The quantitative estimate of drug-likeness (QED) is 0.898. The molecule has 9 heteroatoms. The zero-order valence-corrected chi connectivity index (χ0v) is 12.4. The minimum atomic E-state index is -3.87. The largest absolute Gasteiger partial charge is 0.475 e. The Kier molecular flexibility index (Phi) is 3.93. The second-order valence-electron chi connectivity index (χ2n) is 4.04. The standard InChI is InChI=1S/C11H12N2O5S2/c1-7-12-8(6-19-7)5-13(2)20(16,17)10-4-3-9(18-10)11(14)15/h3-4,6H,5H2,1-2H3,(H,14,15). The van der Waals surface area contributed by atoms with E-state index in [1.807, 2.05) is 6.92 Å². The van der Waals surface area contributed by atoms with Crippen molar-refractivity contribution in [2.24, 2.45) is 0 Å². The molecule has 2 rings (SSSR count). The van der Waals surface area contributed by atoms with Crippen LogP contribution < -0.4 is 0 Å². The molecule has 0 aromatic carbocycles. The Labute approximate surface area is 119 Å². The lowest BCUT2D eigenvalue weighted by atomic mass is 10.5. The van der Waals surface area contributed by atoms with Crippen LogP contribution in [0.5, 0.6) is 0 Å². The van der Waals surface area contributed by atoms with Crippen LogP contribution in [0.25, 0.3) is 0 Å². The van der Waals surface area contributed by atoms with E-state index < -0.39 is 26.8 Å². The molecular weight excluding hydrogens is 304 g/mol. The molecule has 0 saturated carbocycles. The van der Waals surface area contributed by atoms with Crippen LogP contribution in [0.2, 0.25) is 0 Å². The van der Waals surface area contributed by atoms with Gasteiger partial charge in [-0.2, -0.15) is 4.31 Å². The highest BCUT2D eigenvalue weighted by atomic mass is 32.2. The zero-order chi connectivity index (χ0) is 14.9. The molecular formula is C11H12N2O5S2. The Morgan fingerprint density at radius 3 is 2.70 bits per heavy atom. The number of aromatic nitrogens is 1. The first-order valence-corrected chi connectivity index (χ1v) is 7.83. The molecule has 0 saturated heterocycles. The van der Waals surface area contributed by atoms with E-state index >= 15 is 0 Å². The summed E-state index contributed by atoms with van der Waals surface area (Å²) >= 11 is 1.43. The molecule has 0 atom stereocenters. The molecule has 1 N–H and O–H groups in total. The summed E-state index contributed by atoms with van der Waals surface area (Å²) in [7, 11) is -2.49. The number of rotatable bonds is 5. The van der Waals surface area contributed by atoms with Gasteiger partial charge in [0.2, 0.25) is 10.9 Å². The Bertz CT molecular complexity index is 732. The molecule has 7 nitrogen and oxygen atoms in total. The van der Waals surface area contributed by atoms with Gasteiger partial charge in [-0.25, -0.2) is 18.2 Å². The van der Waals surface area contributed by atoms with E-state index in [-0.39, 0.29) is 6.54 Å². The maximum Gasteiger partial charge on any atom is 0.371 e. The first kappa shape index (κ1) is 14.7. The number of aryl methyl sites for hydroxylation is 1. The number of thiazole rings is 1. The third-order valence-electron chi connectivity index (χ3n) is 2.51. The van der Waals surface area contributed by atoms with Crippen molar-refractivity contribution in [1.82, 2.24) is 9.29 Å². The Morgan fingerprint density at radius 2 is 2.20 bits per heavy atom. The van der Waals surface area contributed by atoms with Crippen molar-refractivity contribution in [2.75, 3.05) is 7.05 Å². The number of carbonyl (C=O) groups is 1. The molecule has 0 spiro atoms. The first-order chi connectivity index (χ1) is 9.30. The topological polar surface area (TPSA) is 101 Å². The Balaban J connectivity index is 2.22. The van der Waals surface area contributed by atoms with Gasteiger partial charge in [-0.1, -0.05) is 0 Å². The van der Waals surface area contributed by atoms with E-state index in [0.29, 0.717) is 5.69 Å². The summed E-state index contributed by atoms with van der Waals surface area (Å²) in [5.41, 5.74) is 0.628. The summed E-state index contributed by atoms with van der Waals surface area (Å²) in [6.07, 6.45) is 0. The summed E-state index contributed by atoms with van der Waals surface area (Å²) in [5, 5.41) is 10.9. The maximum absolute atomic E-state index is 12.2. The number of sulfonamides is 1. The summed E-state index contributed by atoms with van der Waals surface area (Å²) in [6.45, 7) is 1.92. The van der Waals surface area contributed by atoms with Gasteiger partial charge in [0.05, 0.1) is 17.2 Å². The number of furan rings is 1. The summed E-state index contributed by atoms with van der Waals surface area (Å²) in [6, 6.07) is 2.23. The predicted molar refractivity (Wildman–Crippen MR) is 71.2 cm³/mol. The fourth-order valence-electron chi connectivity index (χ4n) is 1.52. The monoisotopic (exact) mass is 316 g/mol. The van der Waals surface area contributed by atoms with Crippen LogP contribution in [0.4, 0.5) is 0 Å². The fourth-order valence-corrected chi connectivity index (χ4v) is 3.17. The van der Waals surface area contributed by atoms with Crippen LogP contribution in [0.1, 0.15) is 21.3 Å². The van der Waals surface area contributed by atoms with Crippen molar-refractivity contribution >= 4 is 27.3 Å². The molecule has 2 aromatic heterocycles. The number of nitrogens with zero attached hydrogens (tertiary/aromatic N) is 2. The van der Waals surface area contributed by atoms with Gasteiger partial charge in [-0.15, -0.1) is 11.3 Å². The zero-order valence-electron chi connectivity index (χ0n) is 10.7. The van der Waals surface area contributed by atoms with Crippen LogP contribution in [0.15, 0.2) is 27.0 Å². The summed E-state index contributed by atoms with van der Waals surface area (Å²) in [4.78, 5) is 14.9. The lowest BCUT2D eigenvalue weighted by molar-refractivity contribution is 0.0656. The van der Waals surface area contributed by atoms with Crippen molar-refractivity contribution in [3.05, 3.63) is 34.0 Å². The summed E-state index contributed by atoms with van der Waals surface area (Å²) in [5.74, 6) is -1.73. The molecule has 0 amide bonds. The van der Waals surface area contributed by atoms with Gasteiger partial charge in [0.25, 0.3) is 10.0 Å². The van der Waals surface area contributed by atoms with Gasteiger partial charge in [-0.05, 0) is 19.1 Å². The van der Waals surface area contributed by atoms with Crippen LogP contribution in [0, 0.1) is 6.92 Å². The molecule has 2 aromatic rings. The van der Waals surface area contributed by atoms with Gasteiger partial charge in [0.1, 0.15) is 0 Å². The molecule has 0 bridgehead atoms. The van der Waals surface area contributed by atoms with Crippen molar-refractivity contribution in [1.29, 1.82) is 0 Å². The number of carboxylic acid groups (broad SMARTS) is 1. The average Bonchev–Trinajstić information content (AvgIpc) is 2.98. The molecule has 20 heavy (non-hydrogen) atoms. The molecule has 0 unspecified atom stereocenters. The molecule has 108 valence electrons. The SMILES string of the molecule is Cc1nc(CN(C)S(=O)(=O)c2ccc(C(=O)O)o2)cs1. The second-order valence-corrected chi connectivity index (χ2v) is 7.08. The maximum atomic E-state index is 12.2. The molecule has 2 heterocycles. The number of carboxylic acids is 1. The smallest absolute Gasteiger partial charge is 0.371 e. The predicted octanol–water partition coefficient (Wildman–Crippen LogP) is 1.56. The van der Waals surface area contributed by atoms with Crippen molar-refractivity contribution in [3.8, 4) is 0 Å². The fraction of sp³-hybridized carbons (Fsp3) is 0.273. The molecule has 0 aliphatic carbocycles. The van der Waals surface area contributed by atoms with Crippen LogP contribution in [-0.2, 0) is 16.6 Å². The molecule has 0 aliphatic rings. The highest BCUT2D eigenvalue weighted by Gasteiger charge is 2.26. The van der Waals surface area contributed by atoms with E-state index in [9.17, 15) is 13.2 Å². The van der Waals surface area contributed by atoms with E-state index in [4.69, 9.17) is 9.52 Å². The number of hydrogen-bond acceptors (Lipinski definition) is 6. The van der Waals surface area contributed by atoms with Gasteiger partial charge in [-0.3, -0.25) is 0 Å². The minimum absolute atomic E-state index is 0.0930. The summed E-state index contributed by atoms with van der Waals surface area (Å²) < 4.78 is 30.3. The van der Waals surface area contributed by atoms with Gasteiger partial charge in [0.15, 0.2) is 0 Å². The van der Waals surface area contributed by atoms with Gasteiger partial charge in [0, 0.05) is 12.4 Å². The average molecular weight is 316 g/mol. The van der Waals surface area contributed by atoms with Crippen molar-refractivity contribution < 1.29 is 22.7 Å². The van der Waals surface area contributed by atoms with Crippen molar-refractivity contribution in [3.63, 3.8) is 0 Å².